The largest absolute Gasteiger partial charge is 0.477 e. The maximum absolute atomic E-state index is 11.7. The van der Waals surface area contributed by atoms with Crippen molar-refractivity contribution in [3.63, 3.8) is 0 Å². The predicted molar refractivity (Wildman–Crippen MR) is 131 cm³/mol. The average Bonchev–Trinajstić information content (AvgIpc) is 3.40. The standard InChI is InChI=1S/2C11H10ClN3O3/c1-2-18-11(17)8-6-9(16)14-15(8)10-7(12)4-3-5-13-10;1-2-14-9(16)6-8(11(17)18)15(14)10-7(12)4-3-5-13-10/h3-6H,2H2,1H3,(H,14,16);3-6H,2H2,1H3,(H,17,18). The van der Waals surface area contributed by atoms with Crippen molar-refractivity contribution in [2.75, 3.05) is 6.61 Å². The molecule has 4 aromatic heterocycles. The number of aromatic amines is 1. The van der Waals surface area contributed by atoms with Gasteiger partial charge in [0.25, 0.3) is 11.1 Å². The van der Waals surface area contributed by atoms with E-state index < -0.39 is 23.1 Å². The van der Waals surface area contributed by atoms with Crippen molar-refractivity contribution in [1.29, 1.82) is 0 Å². The van der Waals surface area contributed by atoms with Crippen LogP contribution in [0.4, 0.5) is 0 Å². The van der Waals surface area contributed by atoms with Gasteiger partial charge in [0.15, 0.2) is 23.0 Å². The number of aromatic carboxylic acids is 1. The number of esters is 1. The number of nitrogens with one attached hydrogen (secondary N) is 1. The van der Waals surface area contributed by atoms with Gasteiger partial charge >= 0.3 is 11.9 Å². The Balaban J connectivity index is 0.000000201. The molecule has 0 atom stereocenters. The molecule has 188 valence electrons. The lowest BCUT2D eigenvalue weighted by Crippen LogP contribution is -2.23. The van der Waals surface area contributed by atoms with E-state index in [9.17, 15) is 19.2 Å². The van der Waals surface area contributed by atoms with E-state index in [-0.39, 0.29) is 34.7 Å². The molecule has 0 fully saturated rings. The van der Waals surface area contributed by atoms with Crippen molar-refractivity contribution in [2.24, 2.45) is 0 Å². The number of carboxylic acid groups (broad SMARTS) is 1. The lowest BCUT2D eigenvalue weighted by molar-refractivity contribution is 0.0515. The van der Waals surface area contributed by atoms with E-state index >= 15 is 0 Å². The van der Waals surface area contributed by atoms with Crippen molar-refractivity contribution in [3.05, 3.63) is 90.9 Å². The third-order valence-corrected chi connectivity index (χ3v) is 5.20. The lowest BCUT2D eigenvalue weighted by atomic mass is 10.4. The molecule has 0 bridgehead atoms. The first-order chi connectivity index (χ1) is 17.2. The van der Waals surface area contributed by atoms with Gasteiger partial charge < -0.3 is 9.84 Å². The highest BCUT2D eigenvalue weighted by molar-refractivity contribution is 6.32. The molecule has 0 aliphatic rings. The monoisotopic (exact) mass is 534 g/mol. The predicted octanol–water partition coefficient (Wildman–Crippen LogP) is 2.80. The first-order valence-corrected chi connectivity index (χ1v) is 11.2. The third kappa shape index (κ3) is 5.56. The molecule has 2 N–H and O–H groups in total. The number of carbonyl (C=O) groups excluding carboxylic acids is 1. The van der Waals surface area contributed by atoms with Crippen LogP contribution in [0.5, 0.6) is 0 Å². The Morgan fingerprint density at radius 3 is 2.14 bits per heavy atom. The molecule has 0 unspecified atom stereocenters. The SMILES string of the molecule is CCOC(=O)c1cc(=O)[nH]n1-c1ncccc1Cl.CCn1c(=O)cc(C(=O)O)n1-c1ncccc1Cl. The number of hydrogen-bond acceptors (Lipinski definition) is 7. The number of ether oxygens (including phenoxy) is 1. The topological polar surface area (TPSA) is 154 Å². The Morgan fingerprint density at radius 1 is 1.00 bits per heavy atom. The Kier molecular flexibility index (Phi) is 8.46. The maximum Gasteiger partial charge on any atom is 0.357 e. The molecule has 0 aliphatic heterocycles. The molecule has 0 saturated carbocycles. The van der Waals surface area contributed by atoms with Crippen LogP contribution in [0.3, 0.4) is 0 Å². The van der Waals surface area contributed by atoms with Crippen molar-refractivity contribution in [3.8, 4) is 11.6 Å². The van der Waals surface area contributed by atoms with Gasteiger partial charge in [-0.25, -0.2) is 33.6 Å². The van der Waals surface area contributed by atoms with Gasteiger partial charge in [-0.05, 0) is 38.1 Å². The van der Waals surface area contributed by atoms with Crippen LogP contribution in [0.1, 0.15) is 34.8 Å². The second kappa shape index (κ2) is 11.5. The van der Waals surface area contributed by atoms with Crippen LogP contribution >= 0.6 is 23.2 Å². The summed E-state index contributed by atoms with van der Waals surface area (Å²) in [6.45, 7) is 3.95. The lowest BCUT2D eigenvalue weighted by Gasteiger charge is -2.11. The minimum atomic E-state index is -1.21. The number of aromatic nitrogens is 6. The highest BCUT2D eigenvalue weighted by Crippen LogP contribution is 2.19. The summed E-state index contributed by atoms with van der Waals surface area (Å²) in [5.41, 5.74) is -0.943. The molecule has 0 spiro atoms. The molecule has 36 heavy (non-hydrogen) atoms. The first kappa shape index (κ1) is 26.4. The number of carbonyl (C=O) groups is 2. The molecule has 4 heterocycles. The van der Waals surface area contributed by atoms with Crippen LogP contribution in [-0.4, -0.2) is 52.8 Å². The van der Waals surface area contributed by atoms with Gasteiger partial charge in [0.1, 0.15) is 0 Å². The molecule has 0 aliphatic carbocycles. The summed E-state index contributed by atoms with van der Waals surface area (Å²) in [7, 11) is 0. The van der Waals surface area contributed by atoms with Crippen LogP contribution in [0, 0.1) is 0 Å². The smallest absolute Gasteiger partial charge is 0.357 e. The highest BCUT2D eigenvalue weighted by atomic mass is 35.5. The zero-order valence-electron chi connectivity index (χ0n) is 19.0. The quantitative estimate of drug-likeness (QED) is 0.358. The molecule has 0 saturated heterocycles. The van der Waals surface area contributed by atoms with E-state index in [0.29, 0.717) is 11.6 Å². The van der Waals surface area contributed by atoms with Crippen molar-refractivity contribution in [1.82, 2.24) is 29.1 Å². The minimum Gasteiger partial charge on any atom is -0.477 e. The zero-order chi connectivity index (χ0) is 26.4. The van der Waals surface area contributed by atoms with Gasteiger partial charge in [-0.15, -0.1) is 0 Å². The van der Waals surface area contributed by atoms with E-state index in [2.05, 4.69) is 15.1 Å². The van der Waals surface area contributed by atoms with Gasteiger partial charge in [-0.2, -0.15) is 0 Å². The fourth-order valence-corrected chi connectivity index (χ4v) is 3.56. The van der Waals surface area contributed by atoms with Gasteiger partial charge in [-0.3, -0.25) is 14.7 Å². The third-order valence-electron chi connectivity index (χ3n) is 4.61. The molecule has 4 rings (SSSR count). The Morgan fingerprint density at radius 2 is 1.61 bits per heavy atom. The normalized spacial score (nSPS) is 10.4. The highest BCUT2D eigenvalue weighted by Gasteiger charge is 2.20. The van der Waals surface area contributed by atoms with Crippen LogP contribution in [0.2, 0.25) is 10.0 Å². The number of nitrogens with zero attached hydrogens (tertiary/aromatic N) is 5. The molecule has 12 nitrogen and oxygen atoms in total. The number of halogens is 2. The molecule has 0 aromatic carbocycles. The van der Waals surface area contributed by atoms with Crippen LogP contribution < -0.4 is 11.1 Å². The number of hydrogen-bond donors (Lipinski definition) is 2. The van der Waals surface area contributed by atoms with Gasteiger partial charge in [0.2, 0.25) is 0 Å². The Bertz CT molecular complexity index is 1520. The van der Waals surface area contributed by atoms with E-state index in [4.69, 9.17) is 33.0 Å². The van der Waals surface area contributed by atoms with E-state index in [1.165, 1.54) is 26.4 Å². The first-order valence-electron chi connectivity index (χ1n) is 10.5. The summed E-state index contributed by atoms with van der Waals surface area (Å²) in [5, 5.41) is 12.2. The Labute approximate surface area is 213 Å². The number of pyridine rings is 2. The maximum atomic E-state index is 11.7. The average molecular weight is 535 g/mol. The van der Waals surface area contributed by atoms with Crippen molar-refractivity contribution >= 4 is 35.1 Å². The molecule has 14 heteroatoms. The van der Waals surface area contributed by atoms with Crippen LogP contribution in [0.15, 0.2) is 58.4 Å². The van der Waals surface area contributed by atoms with Gasteiger partial charge in [0, 0.05) is 31.1 Å². The van der Waals surface area contributed by atoms with Gasteiger partial charge in [0.05, 0.1) is 16.7 Å². The molecule has 0 amide bonds. The second-order valence-electron chi connectivity index (χ2n) is 6.88. The fraction of sp³-hybridized carbons (Fsp3) is 0.182. The summed E-state index contributed by atoms with van der Waals surface area (Å²) in [6, 6.07) is 8.67. The molecule has 0 radical (unpaired) electrons. The second-order valence-corrected chi connectivity index (χ2v) is 7.69. The summed E-state index contributed by atoms with van der Waals surface area (Å²) in [6.07, 6.45) is 2.99. The zero-order valence-corrected chi connectivity index (χ0v) is 20.5. The molecule has 4 aromatic rings. The van der Waals surface area contributed by atoms with Crippen LogP contribution in [-0.2, 0) is 11.3 Å². The molecular formula is C22H20Cl2N6O6. The minimum absolute atomic E-state index is 0.0578. The van der Waals surface area contributed by atoms with Crippen molar-refractivity contribution in [2.45, 2.75) is 20.4 Å². The van der Waals surface area contributed by atoms with E-state index in [0.717, 1.165) is 12.1 Å². The number of rotatable bonds is 6. The molecular weight excluding hydrogens is 515 g/mol. The van der Waals surface area contributed by atoms with E-state index in [1.54, 1.807) is 38.1 Å². The summed E-state index contributed by atoms with van der Waals surface area (Å²) in [5.74, 6) is -1.33. The Hall–Kier alpha value is -4.16. The summed E-state index contributed by atoms with van der Waals surface area (Å²) in [4.78, 5) is 53.9. The van der Waals surface area contributed by atoms with E-state index in [1.807, 2.05) is 0 Å². The van der Waals surface area contributed by atoms with Crippen LogP contribution in [0.25, 0.3) is 11.6 Å². The summed E-state index contributed by atoms with van der Waals surface area (Å²) >= 11 is 11.9. The van der Waals surface area contributed by atoms with Gasteiger partial charge in [-0.1, -0.05) is 23.2 Å². The number of carboxylic acids is 1. The van der Waals surface area contributed by atoms with Crippen molar-refractivity contribution < 1.29 is 19.4 Å². The number of H-pyrrole nitrogens is 1. The summed E-state index contributed by atoms with van der Waals surface area (Å²) < 4.78 is 8.54. The fourth-order valence-electron chi connectivity index (χ4n) is 3.15.